The Morgan fingerprint density at radius 1 is 1.48 bits per heavy atom. The maximum Gasteiger partial charge on any atom is 0.244 e. The lowest BCUT2D eigenvalue weighted by atomic mass is 10.1. The van der Waals surface area contributed by atoms with Crippen LogP contribution < -0.4 is 11.2 Å². The highest BCUT2D eigenvalue weighted by Crippen LogP contribution is 2.24. The fraction of sp³-hybridized carbons (Fsp3) is 0.0714. The number of amides is 1. The summed E-state index contributed by atoms with van der Waals surface area (Å²) in [7, 11) is 0. The van der Waals surface area contributed by atoms with Crippen LogP contribution in [0.3, 0.4) is 0 Å². The normalized spacial score (nSPS) is 11.2. The van der Waals surface area contributed by atoms with E-state index in [1.165, 1.54) is 17.6 Å². The molecule has 3 aromatic rings. The summed E-state index contributed by atoms with van der Waals surface area (Å²) in [5.74, 6) is 0.381. The lowest BCUT2D eigenvalue weighted by molar-refractivity contribution is -0.120. The molecule has 0 atom stereocenters. The fourth-order valence-electron chi connectivity index (χ4n) is 1.85. The Morgan fingerprint density at radius 3 is 3.19 bits per heavy atom. The number of hydrazone groups is 1. The summed E-state index contributed by atoms with van der Waals surface area (Å²) >= 11 is 1.40. The number of nitrogens with one attached hydrogen (secondary N) is 1. The summed E-state index contributed by atoms with van der Waals surface area (Å²) in [5, 5.41) is 4.35. The molecule has 2 heterocycles. The Balaban J connectivity index is 1.63. The van der Waals surface area contributed by atoms with E-state index in [4.69, 9.17) is 10.2 Å². The summed E-state index contributed by atoms with van der Waals surface area (Å²) in [5.41, 5.74) is 9.84. The van der Waals surface area contributed by atoms with Gasteiger partial charge in [0.1, 0.15) is 5.76 Å². The van der Waals surface area contributed by atoms with E-state index in [0.717, 1.165) is 15.8 Å². The molecular weight excluding hydrogens is 288 g/mol. The third-order valence-electron chi connectivity index (χ3n) is 2.76. The van der Waals surface area contributed by atoms with Crippen molar-refractivity contribution in [3.05, 3.63) is 47.9 Å². The number of nitrogen functional groups attached to an aromatic ring is 1. The summed E-state index contributed by atoms with van der Waals surface area (Å²) in [6.07, 6.45) is 3.23. The minimum absolute atomic E-state index is 0.199. The molecule has 6 nitrogen and oxygen atoms in total. The lowest BCUT2D eigenvalue weighted by Gasteiger charge is -2.00. The fourth-order valence-corrected chi connectivity index (χ4v) is 2.65. The predicted molar refractivity (Wildman–Crippen MR) is 82.2 cm³/mol. The van der Waals surface area contributed by atoms with Gasteiger partial charge in [-0.1, -0.05) is 17.4 Å². The zero-order chi connectivity index (χ0) is 14.7. The monoisotopic (exact) mass is 300 g/mol. The van der Waals surface area contributed by atoms with Gasteiger partial charge in [-0.25, -0.2) is 10.4 Å². The Morgan fingerprint density at radius 2 is 2.38 bits per heavy atom. The Hall–Kier alpha value is -2.67. The average molecular weight is 300 g/mol. The van der Waals surface area contributed by atoms with E-state index in [1.54, 1.807) is 18.4 Å². The van der Waals surface area contributed by atoms with Crippen molar-refractivity contribution < 1.29 is 9.21 Å². The predicted octanol–water partition coefficient (Wildman–Crippen LogP) is 2.16. The van der Waals surface area contributed by atoms with Crippen molar-refractivity contribution >= 4 is 38.8 Å². The number of nitrogens with zero attached hydrogens (tertiary/aromatic N) is 2. The highest BCUT2D eigenvalue weighted by atomic mass is 32.1. The second-order valence-corrected chi connectivity index (χ2v) is 5.40. The van der Waals surface area contributed by atoms with E-state index in [9.17, 15) is 4.79 Å². The molecule has 21 heavy (non-hydrogen) atoms. The van der Waals surface area contributed by atoms with Crippen LogP contribution in [-0.4, -0.2) is 17.1 Å². The molecule has 2 aromatic heterocycles. The van der Waals surface area contributed by atoms with Crippen molar-refractivity contribution in [2.24, 2.45) is 5.10 Å². The van der Waals surface area contributed by atoms with Gasteiger partial charge < -0.3 is 10.2 Å². The van der Waals surface area contributed by atoms with Gasteiger partial charge in [0, 0.05) is 0 Å². The lowest BCUT2D eigenvalue weighted by Crippen LogP contribution is -2.19. The maximum absolute atomic E-state index is 11.8. The van der Waals surface area contributed by atoms with Gasteiger partial charge in [-0.3, -0.25) is 4.79 Å². The molecule has 0 aliphatic rings. The summed E-state index contributed by atoms with van der Waals surface area (Å²) in [4.78, 5) is 16.0. The van der Waals surface area contributed by atoms with Gasteiger partial charge in [-0.15, -0.1) is 0 Å². The van der Waals surface area contributed by atoms with Crippen molar-refractivity contribution in [3.63, 3.8) is 0 Å². The number of carbonyl (C=O) groups excluding carboxylic acids is 1. The second-order valence-electron chi connectivity index (χ2n) is 4.34. The number of rotatable bonds is 4. The van der Waals surface area contributed by atoms with Crippen LogP contribution in [0.5, 0.6) is 0 Å². The molecule has 0 radical (unpaired) electrons. The molecule has 0 bridgehead atoms. The first-order chi connectivity index (χ1) is 10.2. The van der Waals surface area contributed by atoms with E-state index >= 15 is 0 Å². The topological polar surface area (TPSA) is 93.5 Å². The number of hydrogen-bond donors (Lipinski definition) is 2. The number of fused-ring (bicyclic) bond motifs is 1. The van der Waals surface area contributed by atoms with E-state index in [2.05, 4.69) is 15.5 Å². The summed E-state index contributed by atoms with van der Waals surface area (Å²) in [6.45, 7) is 0. The van der Waals surface area contributed by atoms with Crippen LogP contribution in [0.4, 0.5) is 5.13 Å². The number of hydrogen-bond acceptors (Lipinski definition) is 6. The number of benzene rings is 1. The molecule has 0 saturated carbocycles. The van der Waals surface area contributed by atoms with Gasteiger partial charge >= 0.3 is 0 Å². The zero-order valence-electron chi connectivity index (χ0n) is 10.9. The van der Waals surface area contributed by atoms with Gasteiger partial charge in [-0.05, 0) is 29.8 Å². The molecule has 0 spiro atoms. The Kier molecular flexibility index (Phi) is 3.65. The van der Waals surface area contributed by atoms with Crippen molar-refractivity contribution in [2.75, 3.05) is 5.73 Å². The van der Waals surface area contributed by atoms with E-state index in [1.807, 2.05) is 18.2 Å². The highest BCUT2D eigenvalue weighted by Gasteiger charge is 2.06. The molecule has 3 N–H and O–H groups in total. The SMILES string of the molecule is Nc1nc2ccc(CC(=O)N/N=C\c3ccco3)cc2s1. The van der Waals surface area contributed by atoms with Crippen LogP contribution in [0.2, 0.25) is 0 Å². The third-order valence-corrected chi connectivity index (χ3v) is 3.61. The third kappa shape index (κ3) is 3.26. The summed E-state index contributed by atoms with van der Waals surface area (Å²) < 4.78 is 6.04. The minimum Gasteiger partial charge on any atom is -0.463 e. The standard InChI is InChI=1S/C14H12N4O2S/c15-14-17-11-4-3-9(6-12(11)21-14)7-13(19)18-16-8-10-2-1-5-20-10/h1-6,8H,7H2,(H2,15,17)(H,18,19)/b16-8-. The number of aromatic nitrogens is 1. The van der Waals surface area contributed by atoms with Gasteiger partial charge in [0.25, 0.3) is 0 Å². The van der Waals surface area contributed by atoms with Crippen molar-refractivity contribution in [1.82, 2.24) is 10.4 Å². The number of carbonyl (C=O) groups is 1. The first kappa shape index (κ1) is 13.3. The largest absolute Gasteiger partial charge is 0.463 e. The van der Waals surface area contributed by atoms with Crippen LogP contribution in [0.25, 0.3) is 10.2 Å². The van der Waals surface area contributed by atoms with Crippen LogP contribution in [-0.2, 0) is 11.2 Å². The first-order valence-electron chi connectivity index (χ1n) is 6.21. The smallest absolute Gasteiger partial charge is 0.244 e. The maximum atomic E-state index is 11.8. The molecule has 3 rings (SSSR count). The molecule has 0 aliphatic carbocycles. The molecule has 0 aliphatic heterocycles. The first-order valence-corrected chi connectivity index (χ1v) is 7.03. The molecular formula is C14H12N4O2S. The average Bonchev–Trinajstić information content (AvgIpc) is 3.06. The van der Waals surface area contributed by atoms with Crippen molar-refractivity contribution in [1.29, 1.82) is 0 Å². The molecule has 7 heteroatoms. The quantitative estimate of drug-likeness (QED) is 0.570. The minimum atomic E-state index is -0.199. The van der Waals surface area contributed by atoms with Crippen LogP contribution in [0, 0.1) is 0 Å². The molecule has 0 fully saturated rings. The number of thiazole rings is 1. The Labute approximate surface area is 124 Å². The molecule has 0 unspecified atom stereocenters. The van der Waals surface area contributed by atoms with Gasteiger partial charge in [-0.2, -0.15) is 5.10 Å². The molecule has 0 saturated heterocycles. The van der Waals surface area contributed by atoms with Crippen molar-refractivity contribution in [3.8, 4) is 0 Å². The van der Waals surface area contributed by atoms with E-state index in [0.29, 0.717) is 10.9 Å². The number of nitrogens with two attached hydrogens (primary N) is 1. The van der Waals surface area contributed by atoms with E-state index in [-0.39, 0.29) is 12.3 Å². The van der Waals surface area contributed by atoms with E-state index < -0.39 is 0 Å². The molecule has 1 amide bonds. The van der Waals surface area contributed by atoms with Crippen LogP contribution in [0.1, 0.15) is 11.3 Å². The molecule has 106 valence electrons. The van der Waals surface area contributed by atoms with Gasteiger partial charge in [0.2, 0.25) is 5.91 Å². The van der Waals surface area contributed by atoms with Gasteiger partial charge in [0.15, 0.2) is 5.13 Å². The number of furan rings is 1. The van der Waals surface area contributed by atoms with Crippen LogP contribution in [0.15, 0.2) is 46.1 Å². The van der Waals surface area contributed by atoms with Crippen molar-refractivity contribution in [2.45, 2.75) is 6.42 Å². The Bertz CT molecular complexity index is 793. The number of anilines is 1. The summed E-state index contributed by atoms with van der Waals surface area (Å²) in [6, 6.07) is 9.13. The van der Waals surface area contributed by atoms with Gasteiger partial charge in [0.05, 0.1) is 29.1 Å². The molecule has 1 aromatic carbocycles. The zero-order valence-corrected chi connectivity index (χ0v) is 11.8. The van der Waals surface area contributed by atoms with Crippen LogP contribution >= 0.6 is 11.3 Å². The second kappa shape index (κ2) is 5.76. The highest BCUT2D eigenvalue weighted by molar-refractivity contribution is 7.22.